The number of methoxy groups -OCH3 is 1. The van der Waals surface area contributed by atoms with Crippen molar-refractivity contribution in [2.75, 3.05) is 30.0 Å². The summed E-state index contributed by atoms with van der Waals surface area (Å²) in [7, 11) is 1.36. The zero-order valence-electron chi connectivity index (χ0n) is 15.6. The van der Waals surface area contributed by atoms with Gasteiger partial charge in [-0.1, -0.05) is 6.07 Å². The number of carbonyl (C=O) groups excluding carboxylic acids is 3. The number of rotatable bonds is 4. The molecule has 4 rings (SSSR count). The molecule has 0 N–H and O–H groups in total. The molecule has 0 saturated carbocycles. The molecule has 0 bridgehead atoms. The van der Waals surface area contributed by atoms with Crippen LogP contribution in [-0.4, -0.2) is 43.0 Å². The van der Waals surface area contributed by atoms with Crippen molar-refractivity contribution in [1.82, 2.24) is 4.98 Å². The molecule has 1 fully saturated rings. The van der Waals surface area contributed by atoms with E-state index in [4.69, 9.17) is 4.74 Å². The van der Waals surface area contributed by atoms with Crippen molar-refractivity contribution in [1.29, 1.82) is 0 Å². The van der Waals surface area contributed by atoms with Crippen LogP contribution in [-0.2, 0) is 27.2 Å². The summed E-state index contributed by atoms with van der Waals surface area (Å²) < 4.78 is 4.87. The summed E-state index contributed by atoms with van der Waals surface area (Å²) in [5.41, 5.74) is 2.81. The zero-order chi connectivity index (χ0) is 19.7. The Hall–Kier alpha value is -2.74. The van der Waals surface area contributed by atoms with E-state index in [1.165, 1.54) is 18.4 Å². The largest absolute Gasteiger partial charge is 0.465 e. The minimum Gasteiger partial charge on any atom is -0.465 e. The monoisotopic (exact) mass is 399 g/mol. The van der Waals surface area contributed by atoms with Gasteiger partial charge in [0, 0.05) is 30.6 Å². The van der Waals surface area contributed by atoms with Gasteiger partial charge < -0.3 is 9.64 Å². The molecule has 0 atom stereocenters. The van der Waals surface area contributed by atoms with E-state index >= 15 is 0 Å². The molecule has 2 aliphatic rings. The van der Waals surface area contributed by atoms with Crippen LogP contribution >= 0.6 is 11.3 Å². The van der Waals surface area contributed by atoms with Crippen molar-refractivity contribution < 1.29 is 19.1 Å². The molecule has 0 spiro atoms. The standard InChI is InChI=1S/C20H21N3O4S/c1-27-19(26)15-5-2-7-16-14(15)6-3-9-22(16)18(25)11-13-12-28-20(21-13)23-10-4-8-17(23)24/h2,5,7,12H,3-4,6,8-11H2,1H3. The van der Waals surface area contributed by atoms with E-state index in [2.05, 4.69) is 4.98 Å². The Morgan fingerprint density at radius 1 is 1.21 bits per heavy atom. The fourth-order valence-electron chi connectivity index (χ4n) is 3.79. The average molecular weight is 399 g/mol. The van der Waals surface area contributed by atoms with Crippen LogP contribution in [0.4, 0.5) is 10.8 Å². The summed E-state index contributed by atoms with van der Waals surface area (Å²) in [6, 6.07) is 5.38. The van der Waals surface area contributed by atoms with Gasteiger partial charge in [0.15, 0.2) is 5.13 Å². The third-order valence-corrected chi connectivity index (χ3v) is 6.05. The first-order chi connectivity index (χ1) is 13.6. The van der Waals surface area contributed by atoms with E-state index in [0.29, 0.717) is 35.9 Å². The summed E-state index contributed by atoms with van der Waals surface area (Å²) >= 11 is 1.40. The molecule has 2 amide bonds. The van der Waals surface area contributed by atoms with Gasteiger partial charge in [-0.25, -0.2) is 9.78 Å². The van der Waals surface area contributed by atoms with Crippen LogP contribution in [0.25, 0.3) is 0 Å². The second kappa shape index (κ2) is 7.71. The SMILES string of the molecule is COC(=O)c1cccc2c1CCCN2C(=O)Cc1csc(N2CCCC2=O)n1. The maximum absolute atomic E-state index is 13.0. The second-order valence-electron chi connectivity index (χ2n) is 6.89. The average Bonchev–Trinajstić information content (AvgIpc) is 3.34. The Bertz CT molecular complexity index is 939. The van der Waals surface area contributed by atoms with E-state index in [0.717, 1.165) is 30.5 Å². The fourth-order valence-corrected chi connectivity index (χ4v) is 4.65. The van der Waals surface area contributed by atoms with Crippen molar-refractivity contribution in [2.24, 2.45) is 0 Å². The van der Waals surface area contributed by atoms with Gasteiger partial charge in [0.2, 0.25) is 11.8 Å². The van der Waals surface area contributed by atoms with Gasteiger partial charge in [-0.2, -0.15) is 0 Å². The van der Waals surface area contributed by atoms with Gasteiger partial charge in [-0.15, -0.1) is 11.3 Å². The summed E-state index contributed by atoms with van der Waals surface area (Å²) in [6.45, 7) is 1.30. The molecule has 0 aliphatic carbocycles. The highest BCUT2D eigenvalue weighted by molar-refractivity contribution is 7.14. The molecule has 2 aromatic rings. The number of fused-ring (bicyclic) bond motifs is 1. The van der Waals surface area contributed by atoms with Crippen molar-refractivity contribution in [2.45, 2.75) is 32.1 Å². The van der Waals surface area contributed by atoms with E-state index < -0.39 is 0 Å². The van der Waals surface area contributed by atoms with E-state index in [-0.39, 0.29) is 24.2 Å². The predicted molar refractivity (Wildman–Crippen MR) is 106 cm³/mol. The highest BCUT2D eigenvalue weighted by atomic mass is 32.1. The number of ether oxygens (including phenoxy) is 1. The van der Waals surface area contributed by atoms with Crippen LogP contribution < -0.4 is 9.80 Å². The lowest BCUT2D eigenvalue weighted by Crippen LogP contribution is -2.37. The van der Waals surface area contributed by atoms with Gasteiger partial charge in [0.1, 0.15) is 0 Å². The van der Waals surface area contributed by atoms with Crippen LogP contribution in [0.3, 0.4) is 0 Å². The maximum atomic E-state index is 13.0. The van der Waals surface area contributed by atoms with Crippen molar-refractivity contribution >= 4 is 39.9 Å². The van der Waals surface area contributed by atoms with Crippen LogP contribution in [0.1, 0.15) is 40.9 Å². The Morgan fingerprint density at radius 3 is 2.79 bits per heavy atom. The van der Waals surface area contributed by atoms with Crippen molar-refractivity contribution in [3.63, 3.8) is 0 Å². The zero-order valence-corrected chi connectivity index (χ0v) is 16.5. The molecule has 1 aromatic carbocycles. The minimum absolute atomic E-state index is 0.0624. The highest BCUT2D eigenvalue weighted by Gasteiger charge is 2.28. The normalized spacial score (nSPS) is 16.2. The molecule has 7 nitrogen and oxygen atoms in total. The quantitative estimate of drug-likeness (QED) is 0.739. The summed E-state index contributed by atoms with van der Waals surface area (Å²) in [4.78, 5) is 44.8. The predicted octanol–water partition coefficient (Wildman–Crippen LogP) is 2.58. The van der Waals surface area contributed by atoms with Gasteiger partial charge in [0.05, 0.1) is 24.8 Å². The van der Waals surface area contributed by atoms with E-state index in [9.17, 15) is 14.4 Å². The lowest BCUT2D eigenvalue weighted by molar-refractivity contribution is -0.118. The van der Waals surface area contributed by atoms with E-state index in [1.807, 2.05) is 11.4 Å². The smallest absolute Gasteiger partial charge is 0.338 e. The van der Waals surface area contributed by atoms with Crippen molar-refractivity contribution in [3.05, 3.63) is 40.4 Å². The number of hydrogen-bond donors (Lipinski definition) is 0. The number of thiazole rings is 1. The number of nitrogens with zero attached hydrogens (tertiary/aromatic N) is 3. The number of anilines is 2. The molecule has 0 unspecified atom stereocenters. The number of amides is 2. The first-order valence-corrected chi connectivity index (χ1v) is 10.2. The number of benzene rings is 1. The van der Waals surface area contributed by atoms with Gasteiger partial charge in [0.25, 0.3) is 0 Å². The third-order valence-electron chi connectivity index (χ3n) is 5.13. The van der Waals surface area contributed by atoms with Crippen LogP contribution in [0, 0.1) is 0 Å². The van der Waals surface area contributed by atoms with Crippen LogP contribution in [0.5, 0.6) is 0 Å². The molecule has 0 radical (unpaired) electrons. The van der Waals surface area contributed by atoms with Gasteiger partial charge in [-0.3, -0.25) is 14.5 Å². The number of hydrogen-bond acceptors (Lipinski definition) is 6. The maximum Gasteiger partial charge on any atom is 0.338 e. The lowest BCUT2D eigenvalue weighted by atomic mass is 9.96. The molecule has 146 valence electrons. The molecule has 8 heteroatoms. The fraction of sp³-hybridized carbons (Fsp3) is 0.400. The van der Waals surface area contributed by atoms with E-state index in [1.54, 1.807) is 21.9 Å². The first kappa shape index (κ1) is 18.6. The molecule has 28 heavy (non-hydrogen) atoms. The van der Waals surface area contributed by atoms with Crippen LogP contribution in [0.2, 0.25) is 0 Å². The number of esters is 1. The Balaban J connectivity index is 1.53. The number of aromatic nitrogens is 1. The summed E-state index contributed by atoms with van der Waals surface area (Å²) in [5, 5.41) is 2.51. The molecule has 2 aliphatic heterocycles. The van der Waals surface area contributed by atoms with Crippen LogP contribution in [0.15, 0.2) is 23.6 Å². The molecule has 1 aromatic heterocycles. The molecule has 1 saturated heterocycles. The van der Waals surface area contributed by atoms with Gasteiger partial charge in [-0.05, 0) is 37.0 Å². The second-order valence-corrected chi connectivity index (χ2v) is 7.73. The minimum atomic E-state index is -0.384. The number of carbonyl (C=O) groups is 3. The van der Waals surface area contributed by atoms with Crippen molar-refractivity contribution in [3.8, 4) is 0 Å². The Kier molecular flexibility index (Phi) is 5.13. The third kappa shape index (κ3) is 3.40. The Morgan fingerprint density at radius 2 is 2.04 bits per heavy atom. The van der Waals surface area contributed by atoms with Gasteiger partial charge >= 0.3 is 5.97 Å². The summed E-state index contributed by atoms with van der Waals surface area (Å²) in [6.07, 6.45) is 3.10. The molecule has 3 heterocycles. The highest BCUT2D eigenvalue weighted by Crippen LogP contribution is 2.31. The Labute approximate surface area is 166 Å². The lowest BCUT2D eigenvalue weighted by Gasteiger charge is -2.30. The first-order valence-electron chi connectivity index (χ1n) is 9.34. The summed E-state index contributed by atoms with van der Waals surface area (Å²) in [5.74, 6) is -0.356. The topological polar surface area (TPSA) is 79.8 Å². The molecular weight excluding hydrogens is 378 g/mol. The molecular formula is C20H21N3O4S.